The van der Waals surface area contributed by atoms with E-state index in [1.54, 1.807) is 25.3 Å². The van der Waals surface area contributed by atoms with Crippen molar-refractivity contribution in [3.8, 4) is 0 Å². The van der Waals surface area contributed by atoms with E-state index in [9.17, 15) is 4.79 Å². The largest absolute Gasteiger partial charge is 0.383 e. The quantitative estimate of drug-likeness (QED) is 0.625. The van der Waals surface area contributed by atoms with E-state index >= 15 is 0 Å². The summed E-state index contributed by atoms with van der Waals surface area (Å²) in [5, 5.41) is 3.05. The Balaban J connectivity index is 2.47. The second-order valence-corrected chi connectivity index (χ2v) is 4.30. The highest BCUT2D eigenvalue weighted by molar-refractivity contribution is 5.78. The SMILES string of the molecule is COCCNCC(=O)N(CCOC)Cc1ccccn1. The van der Waals surface area contributed by atoms with Gasteiger partial charge in [0.2, 0.25) is 5.91 Å². The zero-order valence-corrected chi connectivity index (χ0v) is 12.2. The highest BCUT2D eigenvalue weighted by Crippen LogP contribution is 2.01. The van der Waals surface area contributed by atoms with Crippen molar-refractivity contribution < 1.29 is 14.3 Å². The maximum absolute atomic E-state index is 12.2. The van der Waals surface area contributed by atoms with E-state index in [-0.39, 0.29) is 5.91 Å². The Labute approximate surface area is 120 Å². The minimum Gasteiger partial charge on any atom is -0.383 e. The molecular weight excluding hydrogens is 258 g/mol. The summed E-state index contributed by atoms with van der Waals surface area (Å²) in [6.07, 6.45) is 1.73. The molecule has 0 aliphatic heterocycles. The first-order chi connectivity index (χ1) is 9.77. The number of carbonyl (C=O) groups is 1. The Bertz CT molecular complexity index is 373. The van der Waals surface area contributed by atoms with Crippen molar-refractivity contribution in [2.75, 3.05) is 47.1 Å². The van der Waals surface area contributed by atoms with Gasteiger partial charge in [0.25, 0.3) is 0 Å². The molecule has 0 unspecified atom stereocenters. The second-order valence-electron chi connectivity index (χ2n) is 4.30. The molecule has 0 aliphatic rings. The van der Waals surface area contributed by atoms with Crippen LogP contribution in [0.25, 0.3) is 0 Å². The van der Waals surface area contributed by atoms with E-state index < -0.39 is 0 Å². The van der Waals surface area contributed by atoms with Crippen LogP contribution in [0.4, 0.5) is 0 Å². The summed E-state index contributed by atoms with van der Waals surface area (Å²) < 4.78 is 9.98. The van der Waals surface area contributed by atoms with Gasteiger partial charge in [-0.25, -0.2) is 0 Å². The summed E-state index contributed by atoms with van der Waals surface area (Å²) in [6.45, 7) is 3.10. The van der Waals surface area contributed by atoms with Crippen LogP contribution in [0, 0.1) is 0 Å². The molecule has 0 bridgehead atoms. The number of hydrogen-bond donors (Lipinski definition) is 1. The van der Waals surface area contributed by atoms with Crippen LogP contribution in [0.1, 0.15) is 5.69 Å². The molecule has 20 heavy (non-hydrogen) atoms. The van der Waals surface area contributed by atoms with Crippen LogP contribution in [-0.4, -0.2) is 62.9 Å². The van der Waals surface area contributed by atoms with Crippen LogP contribution in [0.15, 0.2) is 24.4 Å². The van der Waals surface area contributed by atoms with Gasteiger partial charge in [0, 0.05) is 33.5 Å². The van der Waals surface area contributed by atoms with Crippen molar-refractivity contribution >= 4 is 5.91 Å². The first-order valence-corrected chi connectivity index (χ1v) is 6.64. The third kappa shape index (κ3) is 6.60. The number of nitrogens with one attached hydrogen (secondary N) is 1. The molecule has 1 aromatic heterocycles. The van der Waals surface area contributed by atoms with Gasteiger partial charge in [0.1, 0.15) is 0 Å². The van der Waals surface area contributed by atoms with Crippen LogP contribution >= 0.6 is 0 Å². The number of amides is 1. The predicted octanol–water partition coefficient (Wildman–Crippen LogP) is 0.293. The normalized spacial score (nSPS) is 10.5. The van der Waals surface area contributed by atoms with E-state index in [1.165, 1.54) is 0 Å². The summed E-state index contributed by atoms with van der Waals surface area (Å²) in [4.78, 5) is 18.1. The molecule has 0 fully saturated rings. The van der Waals surface area contributed by atoms with Crippen molar-refractivity contribution in [1.82, 2.24) is 15.2 Å². The molecule has 1 amide bonds. The fraction of sp³-hybridized carbons (Fsp3) is 0.571. The summed E-state index contributed by atoms with van der Waals surface area (Å²) in [5.41, 5.74) is 0.869. The van der Waals surface area contributed by atoms with E-state index in [0.717, 1.165) is 5.69 Å². The predicted molar refractivity (Wildman–Crippen MR) is 76.3 cm³/mol. The van der Waals surface area contributed by atoms with Gasteiger partial charge in [-0.05, 0) is 12.1 Å². The molecule has 112 valence electrons. The monoisotopic (exact) mass is 281 g/mol. The summed E-state index contributed by atoms with van der Waals surface area (Å²) >= 11 is 0. The Morgan fingerprint density at radius 2 is 2.10 bits per heavy atom. The minimum atomic E-state index is 0.0313. The molecule has 1 aromatic rings. The zero-order valence-electron chi connectivity index (χ0n) is 12.2. The number of ether oxygens (including phenoxy) is 2. The lowest BCUT2D eigenvalue weighted by molar-refractivity contribution is -0.131. The van der Waals surface area contributed by atoms with Crippen molar-refractivity contribution in [2.24, 2.45) is 0 Å². The van der Waals surface area contributed by atoms with Gasteiger partial charge in [-0.2, -0.15) is 0 Å². The van der Waals surface area contributed by atoms with Crippen LogP contribution in [0.5, 0.6) is 0 Å². The Morgan fingerprint density at radius 3 is 2.75 bits per heavy atom. The standard InChI is InChI=1S/C14H23N3O3/c1-19-9-7-15-11-14(18)17(8-10-20-2)12-13-5-3-4-6-16-13/h3-6,15H,7-12H2,1-2H3. The van der Waals surface area contributed by atoms with Gasteiger partial charge in [0.05, 0.1) is 32.0 Å². The highest BCUT2D eigenvalue weighted by Gasteiger charge is 2.13. The smallest absolute Gasteiger partial charge is 0.236 e. The van der Waals surface area contributed by atoms with Gasteiger partial charge in [0.15, 0.2) is 0 Å². The minimum absolute atomic E-state index is 0.0313. The lowest BCUT2D eigenvalue weighted by Gasteiger charge is -2.22. The van der Waals surface area contributed by atoms with Gasteiger partial charge in [-0.15, -0.1) is 0 Å². The van der Waals surface area contributed by atoms with E-state index in [2.05, 4.69) is 10.3 Å². The number of aromatic nitrogens is 1. The van der Waals surface area contributed by atoms with Crippen molar-refractivity contribution in [1.29, 1.82) is 0 Å². The molecule has 1 heterocycles. The lowest BCUT2D eigenvalue weighted by Crippen LogP contribution is -2.40. The molecule has 0 aromatic carbocycles. The molecule has 0 aliphatic carbocycles. The maximum atomic E-state index is 12.2. The number of methoxy groups -OCH3 is 2. The van der Waals surface area contributed by atoms with Crippen molar-refractivity contribution in [2.45, 2.75) is 6.54 Å². The van der Waals surface area contributed by atoms with Crippen molar-refractivity contribution in [3.63, 3.8) is 0 Å². The average Bonchev–Trinajstić information content (AvgIpc) is 2.48. The van der Waals surface area contributed by atoms with Crippen LogP contribution < -0.4 is 5.32 Å². The van der Waals surface area contributed by atoms with E-state index in [4.69, 9.17) is 9.47 Å². The van der Waals surface area contributed by atoms with Crippen LogP contribution in [-0.2, 0) is 20.8 Å². The third-order valence-corrected chi connectivity index (χ3v) is 2.76. The Morgan fingerprint density at radius 1 is 1.30 bits per heavy atom. The van der Waals surface area contributed by atoms with Crippen LogP contribution in [0.2, 0.25) is 0 Å². The summed E-state index contributed by atoms with van der Waals surface area (Å²) in [5.74, 6) is 0.0313. The number of carbonyl (C=O) groups excluding carboxylic acids is 1. The van der Waals surface area contributed by atoms with Gasteiger partial charge in [-0.3, -0.25) is 9.78 Å². The summed E-state index contributed by atoms with van der Waals surface area (Å²) in [6, 6.07) is 5.68. The maximum Gasteiger partial charge on any atom is 0.236 e. The van der Waals surface area contributed by atoms with Gasteiger partial charge >= 0.3 is 0 Å². The number of hydrogen-bond acceptors (Lipinski definition) is 5. The van der Waals surface area contributed by atoms with Crippen LogP contribution in [0.3, 0.4) is 0 Å². The fourth-order valence-corrected chi connectivity index (χ4v) is 1.66. The molecule has 0 saturated heterocycles. The molecule has 0 atom stereocenters. The Kier molecular flexibility index (Phi) is 8.53. The van der Waals surface area contributed by atoms with Gasteiger partial charge in [-0.1, -0.05) is 6.07 Å². The lowest BCUT2D eigenvalue weighted by atomic mass is 10.3. The zero-order chi connectivity index (χ0) is 14.6. The number of pyridine rings is 1. The van der Waals surface area contributed by atoms with E-state index in [0.29, 0.717) is 39.4 Å². The fourth-order valence-electron chi connectivity index (χ4n) is 1.66. The molecule has 1 rings (SSSR count). The third-order valence-electron chi connectivity index (χ3n) is 2.76. The second kappa shape index (κ2) is 10.3. The average molecular weight is 281 g/mol. The summed E-state index contributed by atoms with van der Waals surface area (Å²) in [7, 11) is 3.26. The molecule has 0 saturated carbocycles. The number of rotatable bonds is 10. The molecule has 1 N–H and O–H groups in total. The highest BCUT2D eigenvalue weighted by atomic mass is 16.5. The Hall–Kier alpha value is -1.50. The molecule has 6 nitrogen and oxygen atoms in total. The first kappa shape index (κ1) is 16.6. The molecule has 0 spiro atoms. The van der Waals surface area contributed by atoms with Gasteiger partial charge < -0.3 is 19.7 Å². The molecule has 6 heteroatoms. The topological polar surface area (TPSA) is 63.7 Å². The van der Waals surface area contributed by atoms with Crippen molar-refractivity contribution in [3.05, 3.63) is 30.1 Å². The molecule has 0 radical (unpaired) electrons. The number of nitrogens with zero attached hydrogens (tertiary/aromatic N) is 2. The molecular formula is C14H23N3O3. The first-order valence-electron chi connectivity index (χ1n) is 6.64. The van der Waals surface area contributed by atoms with E-state index in [1.807, 2.05) is 18.2 Å².